The van der Waals surface area contributed by atoms with Gasteiger partial charge in [-0.3, -0.25) is 4.79 Å². The van der Waals surface area contributed by atoms with Crippen LogP contribution in [-0.4, -0.2) is 58.3 Å². The van der Waals surface area contributed by atoms with Crippen LogP contribution in [0.4, 0.5) is 5.69 Å². The number of piperazine rings is 1. The van der Waals surface area contributed by atoms with Gasteiger partial charge >= 0.3 is 0 Å². The minimum absolute atomic E-state index is 0.0894. The van der Waals surface area contributed by atoms with Gasteiger partial charge in [-0.1, -0.05) is 48.5 Å². The standard InChI is InChI=1S/C30H30N6O3S/c1-22(2)36-28(37)14-13-26(31-36)29-27-21-24(15-16-35(27)32-30(29)23-9-5-3-6-10-23)33-17-19-34(20-18-33)40(38,39)25-11-7-4-8-12-25/h3-16,21-22H,17-20H2,1-2H3. The van der Waals surface area contributed by atoms with Crippen molar-refractivity contribution in [3.05, 3.63) is 101 Å². The molecule has 10 heteroatoms. The van der Waals surface area contributed by atoms with E-state index >= 15 is 0 Å². The number of benzene rings is 2. The summed E-state index contributed by atoms with van der Waals surface area (Å²) in [4.78, 5) is 15.0. The van der Waals surface area contributed by atoms with Gasteiger partial charge in [0.2, 0.25) is 10.0 Å². The molecule has 0 saturated carbocycles. The summed E-state index contributed by atoms with van der Waals surface area (Å²) in [6.45, 7) is 5.78. The minimum Gasteiger partial charge on any atom is -0.369 e. The summed E-state index contributed by atoms with van der Waals surface area (Å²) < 4.78 is 31.1. The van der Waals surface area contributed by atoms with Crippen molar-refractivity contribution >= 4 is 21.2 Å². The van der Waals surface area contributed by atoms with E-state index in [9.17, 15) is 13.2 Å². The van der Waals surface area contributed by atoms with Crippen molar-refractivity contribution in [2.24, 2.45) is 0 Å². The van der Waals surface area contributed by atoms with Gasteiger partial charge < -0.3 is 4.90 Å². The molecule has 204 valence electrons. The van der Waals surface area contributed by atoms with Crippen molar-refractivity contribution < 1.29 is 8.42 Å². The molecule has 0 aliphatic carbocycles. The third-order valence-electron chi connectivity index (χ3n) is 7.22. The fourth-order valence-electron chi connectivity index (χ4n) is 5.14. The Hall–Kier alpha value is -4.28. The average molecular weight is 555 g/mol. The maximum atomic E-state index is 13.1. The van der Waals surface area contributed by atoms with Gasteiger partial charge in [0.1, 0.15) is 5.69 Å². The number of aromatic nitrogens is 4. The normalized spacial score (nSPS) is 14.7. The van der Waals surface area contributed by atoms with Crippen LogP contribution in [0.25, 0.3) is 28.0 Å². The van der Waals surface area contributed by atoms with Crippen LogP contribution < -0.4 is 10.5 Å². The molecule has 1 fully saturated rings. The summed E-state index contributed by atoms with van der Waals surface area (Å²) in [6, 6.07) is 25.8. The van der Waals surface area contributed by atoms with Crippen molar-refractivity contribution in [1.29, 1.82) is 0 Å². The highest BCUT2D eigenvalue weighted by Crippen LogP contribution is 2.35. The first-order valence-electron chi connectivity index (χ1n) is 13.3. The van der Waals surface area contributed by atoms with Gasteiger partial charge in [0.15, 0.2) is 0 Å². The molecule has 1 saturated heterocycles. The van der Waals surface area contributed by atoms with Crippen LogP contribution in [0.2, 0.25) is 0 Å². The molecule has 0 atom stereocenters. The Morgan fingerprint density at radius 2 is 1.48 bits per heavy atom. The van der Waals surface area contributed by atoms with Gasteiger partial charge in [0.25, 0.3) is 5.56 Å². The first kappa shape index (κ1) is 26.0. The van der Waals surface area contributed by atoms with E-state index in [0.29, 0.717) is 36.8 Å². The maximum Gasteiger partial charge on any atom is 0.267 e. The zero-order valence-corrected chi connectivity index (χ0v) is 23.2. The van der Waals surface area contributed by atoms with Gasteiger partial charge in [0.05, 0.1) is 27.7 Å². The molecule has 6 rings (SSSR count). The topological polar surface area (TPSA) is 92.8 Å². The van der Waals surface area contributed by atoms with Gasteiger partial charge in [0, 0.05) is 49.7 Å². The smallest absolute Gasteiger partial charge is 0.267 e. The Morgan fingerprint density at radius 1 is 0.800 bits per heavy atom. The number of hydrogen-bond acceptors (Lipinski definition) is 6. The van der Waals surface area contributed by atoms with Gasteiger partial charge in [-0.15, -0.1) is 0 Å². The molecule has 9 nitrogen and oxygen atoms in total. The number of rotatable bonds is 6. The van der Waals surface area contributed by atoms with Crippen LogP contribution in [0, 0.1) is 0 Å². The summed E-state index contributed by atoms with van der Waals surface area (Å²) in [7, 11) is -3.53. The second kappa shape index (κ2) is 10.4. The lowest BCUT2D eigenvalue weighted by atomic mass is 10.0. The van der Waals surface area contributed by atoms with E-state index in [2.05, 4.69) is 11.0 Å². The molecular formula is C30H30N6O3S. The molecule has 4 heterocycles. The number of hydrogen-bond donors (Lipinski definition) is 0. The molecule has 0 N–H and O–H groups in total. The number of anilines is 1. The zero-order valence-electron chi connectivity index (χ0n) is 22.4. The highest BCUT2D eigenvalue weighted by atomic mass is 32.2. The number of sulfonamides is 1. The molecule has 5 aromatic rings. The molecule has 3 aromatic heterocycles. The van der Waals surface area contributed by atoms with Crippen LogP contribution in [-0.2, 0) is 10.0 Å². The van der Waals surface area contributed by atoms with E-state index in [1.165, 1.54) is 4.68 Å². The summed E-state index contributed by atoms with van der Waals surface area (Å²) in [6.07, 6.45) is 1.92. The van der Waals surface area contributed by atoms with E-state index in [1.54, 1.807) is 40.7 Å². The molecule has 40 heavy (non-hydrogen) atoms. The van der Waals surface area contributed by atoms with Crippen LogP contribution >= 0.6 is 0 Å². The molecule has 1 aliphatic heterocycles. The van der Waals surface area contributed by atoms with Gasteiger partial charge in [-0.25, -0.2) is 17.6 Å². The lowest BCUT2D eigenvalue weighted by Crippen LogP contribution is -2.48. The number of fused-ring (bicyclic) bond motifs is 1. The van der Waals surface area contributed by atoms with Crippen LogP contribution in [0.5, 0.6) is 0 Å². The zero-order chi connectivity index (χ0) is 27.9. The van der Waals surface area contributed by atoms with Crippen LogP contribution in [0.15, 0.2) is 101 Å². The quantitative estimate of drug-likeness (QED) is 0.311. The van der Waals surface area contributed by atoms with Crippen molar-refractivity contribution in [3.8, 4) is 22.5 Å². The van der Waals surface area contributed by atoms with E-state index < -0.39 is 10.0 Å². The van der Waals surface area contributed by atoms with Crippen LogP contribution in [0.3, 0.4) is 0 Å². The molecule has 0 bridgehead atoms. The Labute approximate surface area is 233 Å². The third kappa shape index (κ3) is 4.69. The minimum atomic E-state index is -3.53. The lowest BCUT2D eigenvalue weighted by Gasteiger charge is -2.35. The first-order chi connectivity index (χ1) is 19.3. The Bertz CT molecular complexity index is 1820. The second-order valence-corrected chi connectivity index (χ2v) is 12.0. The van der Waals surface area contributed by atoms with Crippen molar-refractivity contribution in [3.63, 3.8) is 0 Å². The predicted molar refractivity (Wildman–Crippen MR) is 156 cm³/mol. The lowest BCUT2D eigenvalue weighted by molar-refractivity contribution is 0.385. The summed E-state index contributed by atoms with van der Waals surface area (Å²) in [5.74, 6) is 0. The summed E-state index contributed by atoms with van der Waals surface area (Å²) in [5.41, 5.74) is 4.91. The van der Waals surface area contributed by atoms with E-state index in [0.717, 1.165) is 28.0 Å². The Morgan fingerprint density at radius 3 is 2.15 bits per heavy atom. The monoisotopic (exact) mass is 554 g/mol. The number of nitrogens with zero attached hydrogens (tertiary/aromatic N) is 6. The van der Waals surface area contributed by atoms with E-state index in [4.69, 9.17) is 10.2 Å². The van der Waals surface area contributed by atoms with Gasteiger partial charge in [-0.05, 0) is 44.2 Å². The second-order valence-electron chi connectivity index (χ2n) is 10.1. The predicted octanol–water partition coefficient (Wildman–Crippen LogP) is 4.32. The largest absolute Gasteiger partial charge is 0.369 e. The van der Waals surface area contributed by atoms with Crippen LogP contribution in [0.1, 0.15) is 19.9 Å². The van der Waals surface area contributed by atoms with Crippen molar-refractivity contribution in [2.45, 2.75) is 24.8 Å². The summed E-state index contributed by atoms with van der Waals surface area (Å²) in [5, 5.41) is 9.63. The van der Waals surface area contributed by atoms with E-state index in [-0.39, 0.29) is 11.6 Å². The Balaban J connectivity index is 1.38. The first-order valence-corrected chi connectivity index (χ1v) is 14.7. The van der Waals surface area contributed by atoms with Gasteiger partial charge in [-0.2, -0.15) is 14.5 Å². The highest BCUT2D eigenvalue weighted by Gasteiger charge is 2.29. The maximum absolute atomic E-state index is 13.1. The molecule has 1 aliphatic rings. The summed E-state index contributed by atoms with van der Waals surface area (Å²) >= 11 is 0. The average Bonchev–Trinajstić information content (AvgIpc) is 3.37. The molecule has 0 spiro atoms. The van der Waals surface area contributed by atoms with Crippen molar-refractivity contribution in [1.82, 2.24) is 23.7 Å². The van der Waals surface area contributed by atoms with E-state index in [1.807, 2.05) is 67.0 Å². The third-order valence-corrected chi connectivity index (χ3v) is 9.13. The SMILES string of the molecule is CC(C)n1nc(-c2c(-c3ccccc3)nn3ccc(N4CCN(S(=O)(=O)c5ccccc5)CC4)cc23)ccc1=O. The molecule has 0 radical (unpaired) electrons. The fraction of sp³-hybridized carbons (Fsp3) is 0.233. The fourth-order valence-corrected chi connectivity index (χ4v) is 6.58. The van der Waals surface area contributed by atoms with Crippen molar-refractivity contribution in [2.75, 3.05) is 31.1 Å². The molecular weight excluding hydrogens is 524 g/mol. The highest BCUT2D eigenvalue weighted by molar-refractivity contribution is 7.89. The molecule has 2 aromatic carbocycles. The molecule has 0 unspecified atom stereocenters. The molecule has 0 amide bonds. The number of pyridine rings is 1. The Kier molecular flexibility index (Phi) is 6.73.